The Morgan fingerprint density at radius 2 is 1.48 bits per heavy atom. The largest absolute Gasteiger partial charge is 0.354 e. The van der Waals surface area contributed by atoms with Crippen molar-refractivity contribution in [3.63, 3.8) is 0 Å². The highest BCUT2D eigenvalue weighted by Gasteiger charge is 2.14. The van der Waals surface area contributed by atoms with Crippen molar-refractivity contribution >= 4 is 58.7 Å². The van der Waals surface area contributed by atoms with E-state index in [1.165, 1.54) is 10.8 Å². The predicted molar refractivity (Wildman–Crippen MR) is 128 cm³/mol. The van der Waals surface area contributed by atoms with Gasteiger partial charge in [0, 0.05) is 28.0 Å². The number of rotatable bonds is 0. The average molecular weight is 421 g/mol. The smallest absolute Gasteiger partial charge is 0.0987 e. The fourth-order valence-electron chi connectivity index (χ4n) is 4.37. The van der Waals surface area contributed by atoms with Crippen LogP contribution in [0.3, 0.4) is 0 Å². The molecule has 0 aromatic heterocycles. The summed E-state index contributed by atoms with van der Waals surface area (Å²) >= 11 is 0. The minimum absolute atomic E-state index is 0. The van der Waals surface area contributed by atoms with Crippen LogP contribution in [0, 0.1) is 0 Å². The Hall–Kier alpha value is -3.89. The summed E-state index contributed by atoms with van der Waals surface area (Å²) in [6.07, 6.45) is 4.41. The molecule has 0 atom stereocenters. The fourth-order valence-corrected chi connectivity index (χ4v) is 4.37. The Kier molecular flexibility index (Phi) is 3.79. The second kappa shape index (κ2) is 6.56. The number of hydrogen-bond donors (Lipinski definition) is 2. The zero-order chi connectivity index (χ0) is 19.7. The van der Waals surface area contributed by atoms with E-state index in [9.17, 15) is 0 Å². The van der Waals surface area contributed by atoms with Crippen molar-refractivity contribution in [2.75, 3.05) is 10.6 Å². The van der Waals surface area contributed by atoms with E-state index in [-0.39, 0.29) is 12.4 Å². The molecule has 0 fully saturated rings. The zero-order valence-corrected chi connectivity index (χ0v) is 17.2. The maximum Gasteiger partial charge on any atom is 0.0987 e. The van der Waals surface area contributed by atoms with E-state index in [2.05, 4.69) is 83.4 Å². The second-order valence-corrected chi connectivity index (χ2v) is 7.79. The van der Waals surface area contributed by atoms with Crippen LogP contribution >= 0.6 is 12.4 Å². The van der Waals surface area contributed by atoms with Gasteiger partial charge in [0.05, 0.1) is 22.1 Å². The number of hydrogen-bond acceptors (Lipinski definition) is 4. The highest BCUT2D eigenvalue weighted by molar-refractivity contribution is 5.85. The first-order chi connectivity index (χ1) is 14.8. The van der Waals surface area contributed by atoms with Gasteiger partial charge in [-0.15, -0.1) is 12.4 Å². The maximum absolute atomic E-state index is 5.07. The summed E-state index contributed by atoms with van der Waals surface area (Å²) < 4.78 is 0. The van der Waals surface area contributed by atoms with E-state index in [0.717, 1.165) is 55.6 Å². The topological polar surface area (TPSA) is 48.8 Å². The van der Waals surface area contributed by atoms with Gasteiger partial charge < -0.3 is 10.6 Å². The third-order valence-electron chi connectivity index (χ3n) is 5.87. The van der Waals surface area contributed by atoms with Crippen LogP contribution in [0.15, 0.2) is 82.8 Å². The Balaban J connectivity index is 0.00000185. The van der Waals surface area contributed by atoms with Crippen molar-refractivity contribution in [2.24, 2.45) is 9.98 Å². The van der Waals surface area contributed by atoms with Crippen molar-refractivity contribution in [2.45, 2.75) is 0 Å². The molecule has 0 spiro atoms. The summed E-state index contributed by atoms with van der Waals surface area (Å²) in [6, 6.07) is 25.0. The van der Waals surface area contributed by atoms with Crippen molar-refractivity contribution < 1.29 is 0 Å². The van der Waals surface area contributed by atoms with Gasteiger partial charge in [0.15, 0.2) is 0 Å². The van der Waals surface area contributed by atoms with Gasteiger partial charge in [0.1, 0.15) is 0 Å². The predicted octanol–water partition coefficient (Wildman–Crippen LogP) is 4.10. The fraction of sp³-hybridized carbons (Fsp3) is 0. The van der Waals surface area contributed by atoms with Crippen molar-refractivity contribution in [1.82, 2.24) is 0 Å². The van der Waals surface area contributed by atoms with E-state index >= 15 is 0 Å². The van der Waals surface area contributed by atoms with Crippen molar-refractivity contribution in [3.05, 3.63) is 105 Å². The molecule has 0 amide bonds. The lowest BCUT2D eigenvalue weighted by Crippen LogP contribution is -2.30. The molecule has 4 aromatic rings. The van der Waals surface area contributed by atoms with E-state index in [1.54, 1.807) is 0 Å². The maximum atomic E-state index is 5.07. The SMILES string of the molecule is C1=c2ccc3cc2Nc2cc(ccc21)N=c1c(ccc2c1=Cc1ccccc1N2)N=3.Cl. The van der Waals surface area contributed by atoms with Gasteiger partial charge in [0.2, 0.25) is 0 Å². The van der Waals surface area contributed by atoms with Crippen LogP contribution in [0.1, 0.15) is 11.1 Å². The van der Waals surface area contributed by atoms with Crippen molar-refractivity contribution in [3.8, 4) is 0 Å². The number of halogens is 1. The molecule has 0 radical (unpaired) electrons. The van der Waals surface area contributed by atoms with E-state index in [4.69, 9.17) is 9.98 Å². The van der Waals surface area contributed by atoms with E-state index < -0.39 is 0 Å². The number of para-hydroxylation sites is 1. The molecule has 4 aromatic carbocycles. The summed E-state index contributed by atoms with van der Waals surface area (Å²) in [5, 5.41) is 11.1. The molecule has 0 saturated heterocycles. The van der Waals surface area contributed by atoms with Gasteiger partial charge in [-0.1, -0.05) is 30.3 Å². The molecule has 3 aliphatic rings. The van der Waals surface area contributed by atoms with Gasteiger partial charge in [-0.2, -0.15) is 0 Å². The summed E-state index contributed by atoms with van der Waals surface area (Å²) in [6.45, 7) is 0. The minimum atomic E-state index is 0. The van der Waals surface area contributed by atoms with Gasteiger partial charge in [-0.3, -0.25) is 0 Å². The Morgan fingerprint density at radius 3 is 2.45 bits per heavy atom. The van der Waals surface area contributed by atoms with Crippen LogP contribution in [0.4, 0.5) is 34.1 Å². The molecule has 2 N–H and O–H groups in total. The molecular formula is C26H17ClN4. The average Bonchev–Trinajstić information content (AvgIpc) is 2.79. The van der Waals surface area contributed by atoms with Gasteiger partial charge in [-0.05, 0) is 71.0 Å². The molecule has 0 saturated carbocycles. The van der Waals surface area contributed by atoms with Gasteiger partial charge >= 0.3 is 0 Å². The Bertz CT molecular complexity index is 1650. The van der Waals surface area contributed by atoms with Crippen LogP contribution in [0.2, 0.25) is 0 Å². The monoisotopic (exact) mass is 420 g/mol. The Morgan fingerprint density at radius 1 is 0.613 bits per heavy atom. The lowest BCUT2D eigenvalue weighted by Gasteiger charge is -2.16. The zero-order valence-electron chi connectivity index (χ0n) is 16.4. The molecule has 7 rings (SSSR count). The molecule has 3 aliphatic heterocycles. The number of nitrogens with one attached hydrogen (secondary N) is 2. The van der Waals surface area contributed by atoms with E-state index in [1.807, 2.05) is 12.1 Å². The first-order valence-corrected chi connectivity index (χ1v) is 10.0. The van der Waals surface area contributed by atoms with E-state index in [0.29, 0.717) is 0 Å². The summed E-state index contributed by atoms with van der Waals surface area (Å²) in [5.74, 6) is 0. The van der Waals surface area contributed by atoms with Crippen molar-refractivity contribution in [1.29, 1.82) is 0 Å². The third-order valence-corrected chi connectivity index (χ3v) is 5.87. The first kappa shape index (κ1) is 17.9. The molecular weight excluding hydrogens is 404 g/mol. The number of anilines is 4. The molecule has 0 unspecified atom stereocenters. The van der Waals surface area contributed by atoms with Crippen LogP contribution in [0.25, 0.3) is 12.2 Å². The molecule has 4 bridgehead atoms. The normalized spacial score (nSPS) is 13.2. The molecule has 5 heteroatoms. The lowest BCUT2D eigenvalue weighted by atomic mass is 10.0. The summed E-state index contributed by atoms with van der Waals surface area (Å²) in [5.41, 5.74) is 8.39. The summed E-state index contributed by atoms with van der Waals surface area (Å²) in [4.78, 5) is 10.0. The highest BCUT2D eigenvalue weighted by Crippen LogP contribution is 2.29. The molecule has 4 nitrogen and oxygen atoms in total. The Labute approximate surface area is 184 Å². The molecule has 148 valence electrons. The first-order valence-electron chi connectivity index (χ1n) is 10.0. The van der Waals surface area contributed by atoms with Crippen LogP contribution in [-0.2, 0) is 0 Å². The highest BCUT2D eigenvalue weighted by atomic mass is 35.5. The number of fused-ring (bicyclic) bond motifs is 6. The molecule has 3 heterocycles. The quantitative estimate of drug-likeness (QED) is 0.388. The number of nitrogens with zero attached hydrogens (tertiary/aromatic N) is 2. The number of benzene rings is 4. The second-order valence-electron chi connectivity index (χ2n) is 7.79. The van der Waals surface area contributed by atoms with Gasteiger partial charge in [-0.25, -0.2) is 9.98 Å². The van der Waals surface area contributed by atoms with Crippen LogP contribution < -0.4 is 31.8 Å². The third kappa shape index (κ3) is 2.76. The standard InChI is InChI=1S/C26H16N4.ClH/c1-2-4-21-15(3-1)12-20-22(29-21)9-10-23-26(20)28-19-8-6-17-11-16-5-7-18(27-23)13-24(16)30-25(17)14-19;/h1-14,29-30H;1H. The molecule has 0 aliphatic carbocycles. The van der Waals surface area contributed by atoms with Crippen LogP contribution in [0.5, 0.6) is 0 Å². The summed E-state index contributed by atoms with van der Waals surface area (Å²) in [7, 11) is 0. The molecule has 31 heavy (non-hydrogen) atoms. The van der Waals surface area contributed by atoms with Crippen LogP contribution in [-0.4, -0.2) is 0 Å². The van der Waals surface area contributed by atoms with Gasteiger partial charge in [0.25, 0.3) is 0 Å². The lowest BCUT2D eigenvalue weighted by molar-refractivity contribution is 1.23. The minimum Gasteiger partial charge on any atom is -0.354 e.